The van der Waals surface area contributed by atoms with Gasteiger partial charge in [0.25, 0.3) is 0 Å². The summed E-state index contributed by atoms with van der Waals surface area (Å²) in [7, 11) is 1.37. The van der Waals surface area contributed by atoms with E-state index in [4.69, 9.17) is 16.3 Å². The lowest BCUT2D eigenvalue weighted by molar-refractivity contribution is 0.112. The highest BCUT2D eigenvalue weighted by molar-refractivity contribution is 6.35. The van der Waals surface area contributed by atoms with Gasteiger partial charge in [-0.3, -0.25) is 4.79 Å². The summed E-state index contributed by atoms with van der Waals surface area (Å²) in [6, 6.07) is 7.30. The second kappa shape index (κ2) is 5.28. The number of rotatable bonds is 3. The van der Waals surface area contributed by atoms with Crippen molar-refractivity contribution in [2.24, 2.45) is 0 Å². The molecule has 0 saturated carbocycles. The molecule has 0 saturated heterocycles. The fraction of sp³-hybridized carbons (Fsp3) is 0.0714. The quantitative estimate of drug-likeness (QED) is 0.873. The molecule has 0 spiro atoms. The Balaban J connectivity index is 2.56. The highest BCUT2D eigenvalue weighted by atomic mass is 35.5. The molecule has 0 amide bonds. The number of phenolic OH excluding ortho intramolecular Hbond substituents is 1. The Morgan fingerprint density at radius 1 is 1.32 bits per heavy atom. The largest absolute Gasteiger partial charge is 0.506 e. The van der Waals surface area contributed by atoms with Crippen molar-refractivity contribution in [3.63, 3.8) is 0 Å². The minimum Gasteiger partial charge on any atom is -0.506 e. The first-order valence-corrected chi connectivity index (χ1v) is 5.77. The number of carbonyl (C=O) groups is 1. The zero-order valence-electron chi connectivity index (χ0n) is 9.98. The first-order valence-electron chi connectivity index (χ1n) is 5.39. The van der Waals surface area contributed by atoms with E-state index < -0.39 is 5.82 Å². The first kappa shape index (κ1) is 13.4. The van der Waals surface area contributed by atoms with E-state index in [0.717, 1.165) is 0 Å². The molecule has 0 aliphatic carbocycles. The molecule has 0 aliphatic heterocycles. The zero-order valence-corrected chi connectivity index (χ0v) is 10.7. The number of methoxy groups -OCH3 is 1. The van der Waals surface area contributed by atoms with Gasteiger partial charge in [-0.25, -0.2) is 4.39 Å². The molecule has 0 aromatic heterocycles. The molecule has 2 aromatic carbocycles. The topological polar surface area (TPSA) is 46.5 Å². The van der Waals surface area contributed by atoms with Gasteiger partial charge < -0.3 is 9.84 Å². The Bertz CT molecular complexity index is 641. The monoisotopic (exact) mass is 280 g/mol. The van der Waals surface area contributed by atoms with E-state index in [1.54, 1.807) is 12.1 Å². The van der Waals surface area contributed by atoms with E-state index in [1.807, 2.05) is 0 Å². The highest BCUT2D eigenvalue weighted by Gasteiger charge is 2.13. The lowest BCUT2D eigenvalue weighted by atomic mass is 10.0. The number of aldehydes is 1. The molecule has 2 aromatic rings. The molecule has 0 atom stereocenters. The minimum atomic E-state index is -0.532. The summed E-state index contributed by atoms with van der Waals surface area (Å²) in [5, 5.41) is 9.74. The van der Waals surface area contributed by atoms with Gasteiger partial charge in [-0.15, -0.1) is 0 Å². The predicted octanol–water partition coefficient (Wildman–Crippen LogP) is 3.67. The van der Waals surface area contributed by atoms with E-state index >= 15 is 0 Å². The van der Waals surface area contributed by atoms with E-state index in [0.29, 0.717) is 17.4 Å². The number of phenols is 1. The Labute approximate surface area is 114 Å². The summed E-state index contributed by atoms with van der Waals surface area (Å²) in [6.45, 7) is 0. The van der Waals surface area contributed by atoms with Crippen LogP contribution in [0.4, 0.5) is 4.39 Å². The highest BCUT2D eigenvalue weighted by Crippen LogP contribution is 2.37. The van der Waals surface area contributed by atoms with Gasteiger partial charge in [0, 0.05) is 5.56 Å². The fourth-order valence-electron chi connectivity index (χ4n) is 1.73. The van der Waals surface area contributed by atoms with E-state index in [1.165, 1.54) is 25.3 Å². The van der Waals surface area contributed by atoms with Gasteiger partial charge in [0.1, 0.15) is 5.75 Å². The van der Waals surface area contributed by atoms with Gasteiger partial charge in [-0.05, 0) is 23.8 Å². The number of carbonyl (C=O) groups excluding carboxylic acids is 1. The SMILES string of the molecule is COc1ccc(-c2ccc(C=O)c(O)c2Cl)cc1F. The molecule has 0 radical (unpaired) electrons. The Kier molecular flexibility index (Phi) is 3.71. The molecule has 0 fully saturated rings. The number of aromatic hydroxyl groups is 1. The van der Waals surface area contributed by atoms with Crippen molar-refractivity contribution in [3.8, 4) is 22.6 Å². The van der Waals surface area contributed by atoms with Crippen molar-refractivity contribution in [2.75, 3.05) is 7.11 Å². The third-order valence-corrected chi connectivity index (χ3v) is 3.12. The molecular weight excluding hydrogens is 271 g/mol. The molecule has 0 unspecified atom stereocenters. The zero-order chi connectivity index (χ0) is 14.0. The maximum absolute atomic E-state index is 13.6. The van der Waals surface area contributed by atoms with Crippen LogP contribution in [0.2, 0.25) is 5.02 Å². The molecule has 98 valence electrons. The molecule has 3 nitrogen and oxygen atoms in total. The van der Waals surface area contributed by atoms with Crippen LogP contribution in [0.5, 0.6) is 11.5 Å². The number of hydrogen-bond donors (Lipinski definition) is 1. The molecule has 19 heavy (non-hydrogen) atoms. The average Bonchev–Trinajstić information content (AvgIpc) is 2.41. The number of hydrogen-bond acceptors (Lipinski definition) is 3. The molecule has 0 heterocycles. The molecule has 0 bridgehead atoms. The molecule has 0 aliphatic rings. The third kappa shape index (κ3) is 2.39. The van der Waals surface area contributed by atoms with Crippen LogP contribution in [0.3, 0.4) is 0 Å². The van der Waals surface area contributed by atoms with Gasteiger partial charge >= 0.3 is 0 Å². The summed E-state index contributed by atoms with van der Waals surface area (Å²) < 4.78 is 18.4. The standard InChI is InChI=1S/C14H10ClFO3/c1-19-12-5-3-8(6-11(12)16)10-4-2-9(7-17)14(18)13(10)15/h2-7,18H,1H3. The number of benzene rings is 2. The Hall–Kier alpha value is -2.07. The number of halogens is 2. The van der Waals surface area contributed by atoms with Crippen LogP contribution >= 0.6 is 11.6 Å². The van der Waals surface area contributed by atoms with Crippen LogP contribution in [0.1, 0.15) is 10.4 Å². The van der Waals surface area contributed by atoms with Gasteiger partial charge in [-0.1, -0.05) is 23.7 Å². The van der Waals surface area contributed by atoms with Gasteiger partial charge in [-0.2, -0.15) is 0 Å². The lowest BCUT2D eigenvalue weighted by Gasteiger charge is -2.09. The van der Waals surface area contributed by atoms with Crippen molar-refractivity contribution < 1.29 is 19.0 Å². The smallest absolute Gasteiger partial charge is 0.165 e. The van der Waals surface area contributed by atoms with Crippen LogP contribution in [0.15, 0.2) is 30.3 Å². The minimum absolute atomic E-state index is 0.00849. The second-order valence-corrected chi connectivity index (χ2v) is 4.21. The number of ether oxygens (including phenoxy) is 1. The van der Waals surface area contributed by atoms with Crippen LogP contribution < -0.4 is 4.74 Å². The van der Waals surface area contributed by atoms with Gasteiger partial charge in [0.15, 0.2) is 17.9 Å². The third-order valence-electron chi connectivity index (χ3n) is 2.74. The van der Waals surface area contributed by atoms with E-state index in [2.05, 4.69) is 0 Å². The van der Waals surface area contributed by atoms with Crippen LogP contribution in [0, 0.1) is 5.82 Å². The lowest BCUT2D eigenvalue weighted by Crippen LogP contribution is -1.90. The second-order valence-electron chi connectivity index (χ2n) is 3.83. The van der Waals surface area contributed by atoms with Gasteiger partial charge in [0.2, 0.25) is 0 Å². The van der Waals surface area contributed by atoms with E-state index in [-0.39, 0.29) is 22.1 Å². The normalized spacial score (nSPS) is 10.3. The van der Waals surface area contributed by atoms with Crippen molar-refractivity contribution in [1.82, 2.24) is 0 Å². The predicted molar refractivity (Wildman–Crippen MR) is 70.5 cm³/mol. The van der Waals surface area contributed by atoms with E-state index in [9.17, 15) is 14.3 Å². The summed E-state index contributed by atoms with van der Waals surface area (Å²) >= 11 is 5.98. The summed E-state index contributed by atoms with van der Waals surface area (Å²) in [5.74, 6) is -0.728. The fourth-order valence-corrected chi connectivity index (χ4v) is 2.01. The Morgan fingerprint density at radius 3 is 2.63 bits per heavy atom. The summed E-state index contributed by atoms with van der Waals surface area (Å²) in [5.41, 5.74) is 1.00. The van der Waals surface area contributed by atoms with Crippen LogP contribution in [0.25, 0.3) is 11.1 Å². The average molecular weight is 281 g/mol. The maximum atomic E-state index is 13.6. The maximum Gasteiger partial charge on any atom is 0.165 e. The van der Waals surface area contributed by atoms with Crippen LogP contribution in [-0.4, -0.2) is 18.5 Å². The summed E-state index contributed by atoms with van der Waals surface area (Å²) in [4.78, 5) is 10.7. The van der Waals surface area contributed by atoms with Crippen molar-refractivity contribution in [3.05, 3.63) is 46.7 Å². The van der Waals surface area contributed by atoms with Crippen molar-refractivity contribution in [1.29, 1.82) is 0 Å². The van der Waals surface area contributed by atoms with Crippen molar-refractivity contribution in [2.45, 2.75) is 0 Å². The van der Waals surface area contributed by atoms with Crippen LogP contribution in [-0.2, 0) is 0 Å². The summed E-state index contributed by atoms with van der Waals surface area (Å²) in [6.07, 6.45) is 0.500. The molecule has 1 N–H and O–H groups in total. The molecule has 5 heteroatoms. The Morgan fingerprint density at radius 2 is 2.05 bits per heavy atom. The first-order chi connectivity index (χ1) is 9.08. The molecular formula is C14H10ClFO3. The van der Waals surface area contributed by atoms with Gasteiger partial charge in [0.05, 0.1) is 17.7 Å². The van der Waals surface area contributed by atoms with Crippen molar-refractivity contribution >= 4 is 17.9 Å². The molecule has 2 rings (SSSR count).